The first-order valence-electron chi connectivity index (χ1n) is 16.6. The van der Waals surface area contributed by atoms with Gasteiger partial charge in [-0.15, -0.1) is 0 Å². The van der Waals surface area contributed by atoms with Crippen LogP contribution < -0.4 is 0 Å². The maximum Gasteiger partial charge on any atom is 0.0622 e. The molecule has 8 aromatic rings. The summed E-state index contributed by atoms with van der Waals surface area (Å²) in [6.07, 6.45) is 0. The van der Waals surface area contributed by atoms with Crippen LogP contribution in [0.25, 0.3) is 60.9 Å². The third kappa shape index (κ3) is 3.66. The lowest BCUT2D eigenvalue weighted by molar-refractivity contribution is 0.661. The lowest BCUT2D eigenvalue weighted by Gasteiger charge is -2.21. The Balaban J connectivity index is 1.21. The third-order valence-corrected chi connectivity index (χ3v) is 10.9. The highest BCUT2D eigenvalue weighted by Gasteiger charge is 2.37. The van der Waals surface area contributed by atoms with Crippen molar-refractivity contribution in [2.75, 3.05) is 0 Å². The molecular formula is C46H33N. The summed E-state index contributed by atoms with van der Waals surface area (Å²) in [6.45, 7) is 4.73. The van der Waals surface area contributed by atoms with Gasteiger partial charge in [0.05, 0.1) is 11.0 Å². The molecule has 1 heterocycles. The molecule has 222 valence electrons. The average molecular weight is 600 g/mol. The first-order valence-corrected chi connectivity index (χ1v) is 16.6. The van der Waals surface area contributed by atoms with Crippen molar-refractivity contribution in [3.05, 3.63) is 186 Å². The van der Waals surface area contributed by atoms with Gasteiger partial charge in [-0.3, -0.25) is 0 Å². The molecule has 0 spiro atoms. The zero-order chi connectivity index (χ0) is 31.3. The third-order valence-electron chi connectivity index (χ3n) is 10.9. The van der Waals surface area contributed by atoms with Crippen LogP contribution in [0.4, 0.5) is 0 Å². The van der Waals surface area contributed by atoms with E-state index in [9.17, 15) is 0 Å². The highest BCUT2D eigenvalue weighted by molar-refractivity contribution is 6.16. The van der Waals surface area contributed by atoms with Crippen molar-refractivity contribution in [2.45, 2.75) is 25.2 Å². The molecule has 2 aliphatic rings. The molecule has 7 aromatic carbocycles. The predicted octanol–water partition coefficient (Wildman–Crippen LogP) is 11.9. The van der Waals surface area contributed by atoms with E-state index >= 15 is 0 Å². The van der Waals surface area contributed by atoms with Gasteiger partial charge in [0.25, 0.3) is 0 Å². The van der Waals surface area contributed by atoms with Gasteiger partial charge in [-0.2, -0.15) is 0 Å². The predicted molar refractivity (Wildman–Crippen MR) is 197 cm³/mol. The van der Waals surface area contributed by atoms with Crippen LogP contribution in [0, 0.1) is 0 Å². The van der Waals surface area contributed by atoms with E-state index in [1.807, 2.05) is 0 Å². The Labute approximate surface area is 275 Å². The second kappa shape index (κ2) is 9.67. The standard InChI is InChI=1S/C46H33N/c1-46(2)40-20-12-11-19-37(40)44-41(46)25-24-36-39-28-31(22-26-42(39)47(45(36)44)32-15-7-4-8-16-32)30-21-23-35-38(27-30)33-17-9-10-18-34(33)43(35)29-13-5-3-6-14-29/h3-28,43H,1-2H3. The summed E-state index contributed by atoms with van der Waals surface area (Å²) in [6, 6.07) is 58.7. The first-order chi connectivity index (χ1) is 23.1. The Morgan fingerprint density at radius 2 is 1.15 bits per heavy atom. The number of nitrogens with zero attached hydrogens (tertiary/aromatic N) is 1. The van der Waals surface area contributed by atoms with Crippen LogP contribution in [0.5, 0.6) is 0 Å². The van der Waals surface area contributed by atoms with Gasteiger partial charge in [-0.25, -0.2) is 0 Å². The van der Waals surface area contributed by atoms with E-state index in [4.69, 9.17) is 0 Å². The van der Waals surface area contributed by atoms with Crippen LogP contribution in [0.2, 0.25) is 0 Å². The molecule has 0 N–H and O–H groups in total. The molecule has 2 aliphatic carbocycles. The number of aromatic nitrogens is 1. The van der Waals surface area contributed by atoms with Gasteiger partial charge in [0.1, 0.15) is 0 Å². The Morgan fingerprint density at radius 3 is 1.98 bits per heavy atom. The van der Waals surface area contributed by atoms with E-state index in [-0.39, 0.29) is 11.3 Å². The van der Waals surface area contributed by atoms with E-state index in [0.29, 0.717) is 0 Å². The fourth-order valence-corrected chi connectivity index (χ4v) is 8.70. The van der Waals surface area contributed by atoms with Gasteiger partial charge >= 0.3 is 0 Å². The number of para-hydroxylation sites is 1. The molecule has 0 aliphatic heterocycles. The zero-order valence-electron chi connectivity index (χ0n) is 26.5. The minimum Gasteiger partial charge on any atom is -0.309 e. The maximum absolute atomic E-state index is 2.49. The van der Waals surface area contributed by atoms with E-state index in [1.54, 1.807) is 0 Å². The molecule has 0 saturated heterocycles. The van der Waals surface area contributed by atoms with E-state index < -0.39 is 0 Å². The van der Waals surface area contributed by atoms with Crippen LogP contribution in [-0.2, 0) is 5.41 Å². The van der Waals surface area contributed by atoms with Gasteiger partial charge in [0.2, 0.25) is 0 Å². The molecule has 10 rings (SSSR count). The second-order valence-corrected chi connectivity index (χ2v) is 13.7. The van der Waals surface area contributed by atoms with E-state index in [0.717, 1.165) is 0 Å². The Kier molecular flexibility index (Phi) is 5.46. The molecule has 47 heavy (non-hydrogen) atoms. The average Bonchev–Trinajstić information content (AvgIpc) is 3.72. The second-order valence-electron chi connectivity index (χ2n) is 13.7. The smallest absolute Gasteiger partial charge is 0.0622 e. The number of benzene rings is 7. The topological polar surface area (TPSA) is 4.93 Å². The number of hydrogen-bond acceptors (Lipinski definition) is 0. The highest BCUT2D eigenvalue weighted by Crippen LogP contribution is 2.53. The number of rotatable bonds is 3. The largest absolute Gasteiger partial charge is 0.309 e. The molecule has 0 amide bonds. The minimum absolute atomic E-state index is 0.0540. The van der Waals surface area contributed by atoms with Crippen molar-refractivity contribution in [1.29, 1.82) is 0 Å². The zero-order valence-corrected chi connectivity index (χ0v) is 26.5. The summed E-state index contributed by atoms with van der Waals surface area (Å²) < 4.78 is 2.49. The van der Waals surface area contributed by atoms with E-state index in [1.165, 1.54) is 88.7 Å². The van der Waals surface area contributed by atoms with Crippen LogP contribution in [0.15, 0.2) is 158 Å². The van der Waals surface area contributed by atoms with Gasteiger partial charge in [0.15, 0.2) is 0 Å². The molecule has 1 nitrogen and oxygen atoms in total. The fourth-order valence-electron chi connectivity index (χ4n) is 8.70. The molecule has 1 aromatic heterocycles. The Morgan fingerprint density at radius 1 is 0.489 bits per heavy atom. The number of fused-ring (bicyclic) bond motifs is 10. The van der Waals surface area contributed by atoms with Crippen molar-refractivity contribution in [1.82, 2.24) is 4.57 Å². The van der Waals surface area contributed by atoms with Crippen LogP contribution in [0.1, 0.15) is 47.6 Å². The molecule has 1 unspecified atom stereocenters. The van der Waals surface area contributed by atoms with Crippen molar-refractivity contribution in [2.24, 2.45) is 0 Å². The number of hydrogen-bond donors (Lipinski definition) is 0. The molecule has 1 heteroatoms. The summed E-state index contributed by atoms with van der Waals surface area (Å²) in [4.78, 5) is 0. The molecule has 0 fully saturated rings. The molecule has 0 radical (unpaired) electrons. The summed E-state index contributed by atoms with van der Waals surface area (Å²) in [7, 11) is 0. The summed E-state index contributed by atoms with van der Waals surface area (Å²) in [5, 5.41) is 2.59. The normalized spacial score (nSPS) is 15.4. The molecule has 0 bridgehead atoms. The van der Waals surface area contributed by atoms with Crippen molar-refractivity contribution < 1.29 is 0 Å². The SMILES string of the molecule is CC1(C)c2ccccc2-c2c1ccc1c3cc(-c4ccc5c(c4)-c4ccccc4C5c4ccccc4)ccc3n(-c3ccccc3)c21. The highest BCUT2D eigenvalue weighted by atomic mass is 15.0. The van der Waals surface area contributed by atoms with Gasteiger partial charge in [-0.05, 0) is 86.0 Å². The summed E-state index contributed by atoms with van der Waals surface area (Å²) in [5.74, 6) is 0.261. The molecule has 1 atom stereocenters. The first kappa shape index (κ1) is 26.5. The van der Waals surface area contributed by atoms with Gasteiger partial charge < -0.3 is 4.57 Å². The van der Waals surface area contributed by atoms with Crippen molar-refractivity contribution in [3.8, 4) is 39.1 Å². The fraction of sp³-hybridized carbons (Fsp3) is 0.0870. The van der Waals surface area contributed by atoms with Crippen molar-refractivity contribution >= 4 is 21.8 Å². The molecule has 0 saturated carbocycles. The molecular weight excluding hydrogens is 567 g/mol. The Hall–Kier alpha value is -5.66. The Bertz CT molecular complexity index is 2530. The van der Waals surface area contributed by atoms with Crippen LogP contribution in [0.3, 0.4) is 0 Å². The monoisotopic (exact) mass is 599 g/mol. The maximum atomic E-state index is 2.49. The summed E-state index contributed by atoms with van der Waals surface area (Å²) >= 11 is 0. The van der Waals surface area contributed by atoms with Gasteiger partial charge in [-0.1, -0.05) is 141 Å². The van der Waals surface area contributed by atoms with Gasteiger partial charge in [0, 0.05) is 33.4 Å². The lowest BCUT2D eigenvalue weighted by Crippen LogP contribution is -2.14. The summed E-state index contributed by atoms with van der Waals surface area (Å²) in [5.41, 5.74) is 18.5. The van der Waals surface area contributed by atoms with Crippen LogP contribution in [-0.4, -0.2) is 4.57 Å². The van der Waals surface area contributed by atoms with Crippen LogP contribution >= 0.6 is 0 Å². The lowest BCUT2D eigenvalue weighted by atomic mass is 9.82. The minimum atomic E-state index is -0.0540. The quantitative estimate of drug-likeness (QED) is 0.190. The van der Waals surface area contributed by atoms with Crippen molar-refractivity contribution in [3.63, 3.8) is 0 Å². The van der Waals surface area contributed by atoms with E-state index in [2.05, 4.69) is 176 Å².